The Kier molecular flexibility index (Phi) is 7.76. The Morgan fingerprint density at radius 3 is 2.36 bits per heavy atom. The predicted octanol–water partition coefficient (Wildman–Crippen LogP) is 6.48. The number of carboxylic acid groups (broad SMARTS) is 1. The lowest BCUT2D eigenvalue weighted by Crippen LogP contribution is -2.26. The van der Waals surface area contributed by atoms with Crippen LogP contribution in [0.15, 0.2) is 54.6 Å². The third kappa shape index (κ3) is 6.33. The number of halogens is 4. The second kappa shape index (κ2) is 10.4. The van der Waals surface area contributed by atoms with E-state index in [0.29, 0.717) is 28.8 Å². The van der Waals surface area contributed by atoms with Gasteiger partial charge < -0.3 is 14.9 Å². The molecule has 4 nitrogen and oxygen atoms in total. The highest BCUT2D eigenvalue weighted by atomic mass is 32.1. The quantitative estimate of drug-likeness (QED) is 0.343. The van der Waals surface area contributed by atoms with Crippen molar-refractivity contribution >= 4 is 17.3 Å². The summed E-state index contributed by atoms with van der Waals surface area (Å²) in [5, 5.41) is 19.5. The van der Waals surface area contributed by atoms with Crippen molar-refractivity contribution in [1.82, 2.24) is 0 Å². The second-order valence-electron chi connectivity index (χ2n) is 7.45. The van der Waals surface area contributed by atoms with Crippen molar-refractivity contribution in [3.8, 4) is 16.2 Å². The van der Waals surface area contributed by atoms with E-state index in [2.05, 4.69) is 0 Å². The largest absolute Gasteiger partial charge is 0.479 e. The van der Waals surface area contributed by atoms with Gasteiger partial charge in [-0.15, -0.1) is 11.3 Å². The van der Waals surface area contributed by atoms with E-state index in [9.17, 15) is 27.5 Å². The van der Waals surface area contributed by atoms with E-state index in [1.807, 2.05) is 0 Å². The molecule has 0 fully saturated rings. The number of hydrogen-bond acceptors (Lipinski definition) is 4. The topological polar surface area (TPSA) is 66.8 Å². The van der Waals surface area contributed by atoms with Crippen molar-refractivity contribution in [2.45, 2.75) is 44.6 Å². The summed E-state index contributed by atoms with van der Waals surface area (Å²) in [6.45, 7) is 1.63. The molecule has 33 heavy (non-hydrogen) atoms. The first-order valence-electron chi connectivity index (χ1n) is 10.2. The molecule has 3 rings (SSSR count). The first kappa shape index (κ1) is 24.7. The van der Waals surface area contributed by atoms with Crippen LogP contribution in [-0.2, 0) is 17.4 Å². The zero-order valence-corrected chi connectivity index (χ0v) is 18.4. The third-order valence-corrected chi connectivity index (χ3v) is 6.31. The van der Waals surface area contributed by atoms with Crippen LogP contribution in [0.1, 0.15) is 41.9 Å². The molecule has 1 heterocycles. The average molecular weight is 482 g/mol. The van der Waals surface area contributed by atoms with Crippen molar-refractivity contribution in [2.24, 2.45) is 0 Å². The van der Waals surface area contributed by atoms with Gasteiger partial charge in [-0.25, -0.2) is 9.18 Å². The normalized spacial score (nSPS) is 13.5. The summed E-state index contributed by atoms with van der Waals surface area (Å²) in [6.07, 6.45) is -5.49. The number of aliphatic hydroxyl groups excluding tert-OH is 1. The lowest BCUT2D eigenvalue weighted by molar-refractivity contribution is -0.145. The molecule has 2 aromatic carbocycles. The molecule has 2 atom stereocenters. The molecule has 9 heteroatoms. The Balaban J connectivity index is 1.61. The average Bonchev–Trinajstić information content (AvgIpc) is 3.26. The fraction of sp³-hybridized carbons (Fsp3) is 0.292. The lowest BCUT2D eigenvalue weighted by atomic mass is 10.1. The Morgan fingerprint density at radius 1 is 1.09 bits per heavy atom. The Labute approximate surface area is 192 Å². The van der Waals surface area contributed by atoms with Crippen LogP contribution in [0, 0.1) is 5.82 Å². The van der Waals surface area contributed by atoms with Crippen molar-refractivity contribution in [2.75, 3.05) is 0 Å². The van der Waals surface area contributed by atoms with Crippen molar-refractivity contribution in [1.29, 1.82) is 0 Å². The van der Waals surface area contributed by atoms with Crippen LogP contribution in [0.25, 0.3) is 10.4 Å². The minimum atomic E-state index is -4.40. The lowest BCUT2D eigenvalue weighted by Gasteiger charge is -2.14. The summed E-state index contributed by atoms with van der Waals surface area (Å²) in [4.78, 5) is 12.4. The van der Waals surface area contributed by atoms with Gasteiger partial charge in [0.05, 0.1) is 11.7 Å². The summed E-state index contributed by atoms with van der Waals surface area (Å²) in [7, 11) is 0. The molecular weight excluding hydrogens is 460 g/mol. The molecule has 0 aliphatic heterocycles. The maximum atomic E-state index is 14.3. The first-order valence-corrected chi connectivity index (χ1v) is 11.0. The van der Waals surface area contributed by atoms with E-state index >= 15 is 0 Å². The van der Waals surface area contributed by atoms with Crippen LogP contribution in [0.4, 0.5) is 17.6 Å². The summed E-state index contributed by atoms with van der Waals surface area (Å²) in [5.41, 5.74) is 0.512. The van der Waals surface area contributed by atoms with Crippen molar-refractivity contribution in [3.63, 3.8) is 0 Å². The number of carbonyl (C=O) groups is 1. The number of thiophene rings is 1. The van der Waals surface area contributed by atoms with Gasteiger partial charge >= 0.3 is 12.1 Å². The fourth-order valence-corrected chi connectivity index (χ4v) is 4.25. The first-order chi connectivity index (χ1) is 15.6. The van der Waals surface area contributed by atoms with E-state index in [4.69, 9.17) is 9.84 Å². The molecule has 0 aliphatic rings. The summed E-state index contributed by atoms with van der Waals surface area (Å²) < 4.78 is 57.7. The van der Waals surface area contributed by atoms with Crippen LogP contribution in [0.2, 0.25) is 0 Å². The summed E-state index contributed by atoms with van der Waals surface area (Å²) in [5.74, 6) is -1.99. The van der Waals surface area contributed by atoms with Crippen LogP contribution < -0.4 is 4.74 Å². The predicted molar refractivity (Wildman–Crippen MR) is 117 cm³/mol. The number of hydrogen-bond donors (Lipinski definition) is 2. The molecule has 3 aromatic rings. The Morgan fingerprint density at radius 2 is 1.79 bits per heavy atom. The molecule has 2 N–H and O–H groups in total. The Hall–Kier alpha value is -2.91. The van der Waals surface area contributed by atoms with E-state index in [-0.39, 0.29) is 12.2 Å². The summed E-state index contributed by atoms with van der Waals surface area (Å²) >= 11 is 1.28. The number of carboxylic acids is 1. The molecule has 1 aromatic heterocycles. The SMILES string of the molecule is CCC(Oc1ccc(CCC(O)c2ccc(-c3ccc(C(F)(F)F)cc3)s2)cc1F)C(=O)O. The van der Waals surface area contributed by atoms with E-state index in [0.717, 1.165) is 17.0 Å². The highest BCUT2D eigenvalue weighted by Gasteiger charge is 2.30. The second-order valence-corrected chi connectivity index (χ2v) is 8.56. The van der Waals surface area contributed by atoms with E-state index in [1.54, 1.807) is 25.1 Å². The van der Waals surface area contributed by atoms with Gasteiger partial charge in [-0.3, -0.25) is 0 Å². The van der Waals surface area contributed by atoms with Crippen LogP contribution in [-0.4, -0.2) is 22.3 Å². The van der Waals surface area contributed by atoms with Gasteiger partial charge in [0.1, 0.15) is 0 Å². The van der Waals surface area contributed by atoms with Crippen LogP contribution in [0.5, 0.6) is 5.75 Å². The maximum Gasteiger partial charge on any atom is 0.416 e. The monoisotopic (exact) mass is 482 g/mol. The van der Waals surface area contributed by atoms with Gasteiger partial charge in [0.15, 0.2) is 17.7 Å². The Bertz CT molecular complexity index is 1090. The minimum Gasteiger partial charge on any atom is -0.479 e. The number of aryl methyl sites for hydroxylation is 1. The van der Waals surface area contributed by atoms with Crippen LogP contribution >= 0.6 is 11.3 Å². The number of aliphatic hydroxyl groups is 1. The molecule has 0 amide bonds. The van der Waals surface area contributed by atoms with Gasteiger partial charge in [-0.1, -0.05) is 25.1 Å². The number of ether oxygens (including phenoxy) is 1. The fourth-order valence-electron chi connectivity index (χ4n) is 3.21. The van der Waals surface area contributed by atoms with Gasteiger partial charge in [-0.05, 0) is 66.8 Å². The summed E-state index contributed by atoms with van der Waals surface area (Å²) in [6, 6.07) is 12.5. The minimum absolute atomic E-state index is 0.145. The van der Waals surface area contributed by atoms with Gasteiger partial charge in [0, 0.05) is 9.75 Å². The van der Waals surface area contributed by atoms with Crippen LogP contribution in [0.3, 0.4) is 0 Å². The zero-order chi connectivity index (χ0) is 24.2. The molecule has 176 valence electrons. The molecule has 2 unspecified atom stereocenters. The van der Waals surface area contributed by atoms with Gasteiger partial charge in [0.25, 0.3) is 0 Å². The molecule has 0 spiro atoms. The molecule has 0 bridgehead atoms. The molecule has 0 radical (unpaired) electrons. The van der Waals surface area contributed by atoms with Crippen molar-refractivity contribution < 1.29 is 37.3 Å². The van der Waals surface area contributed by atoms with Gasteiger partial charge in [-0.2, -0.15) is 13.2 Å². The number of benzene rings is 2. The van der Waals surface area contributed by atoms with Crippen molar-refractivity contribution in [3.05, 3.63) is 76.4 Å². The highest BCUT2D eigenvalue weighted by Crippen LogP contribution is 2.35. The van der Waals surface area contributed by atoms with E-state index in [1.165, 1.54) is 35.6 Å². The highest BCUT2D eigenvalue weighted by molar-refractivity contribution is 7.15. The molecular formula is C24H22F4O4S. The molecule has 0 aliphatic carbocycles. The number of alkyl halides is 3. The van der Waals surface area contributed by atoms with Gasteiger partial charge in [0.2, 0.25) is 0 Å². The maximum absolute atomic E-state index is 14.3. The molecule has 0 saturated heterocycles. The van der Waals surface area contributed by atoms with E-state index < -0.39 is 35.7 Å². The number of aliphatic carboxylic acids is 1. The third-order valence-electron chi connectivity index (χ3n) is 5.07. The smallest absolute Gasteiger partial charge is 0.416 e. The molecule has 0 saturated carbocycles. The zero-order valence-electron chi connectivity index (χ0n) is 17.6. The number of rotatable bonds is 9. The standard InChI is InChI=1S/C24H22F4O4S/c1-2-19(23(30)31)32-20-10-4-14(13-17(20)25)3-9-18(29)22-12-11-21(33-22)15-5-7-16(8-6-15)24(26,27)28/h4-8,10-13,18-19,29H,2-3,9H2,1H3,(H,30,31).